The summed E-state index contributed by atoms with van der Waals surface area (Å²) in [6.45, 7) is 2.41. The number of esters is 1. The van der Waals surface area contributed by atoms with Crippen molar-refractivity contribution >= 4 is 45.1 Å². The topological polar surface area (TPSA) is 92.8 Å². The highest BCUT2D eigenvalue weighted by Gasteiger charge is 2.35. The molecule has 1 aliphatic rings. The Kier molecular flexibility index (Phi) is 7.91. The normalized spacial score (nSPS) is 16.1. The number of sulfonamides is 1. The third-order valence-electron chi connectivity index (χ3n) is 4.22. The summed E-state index contributed by atoms with van der Waals surface area (Å²) in [7, 11) is -3.86. The van der Waals surface area contributed by atoms with Crippen molar-refractivity contribution in [3.63, 3.8) is 0 Å². The molecule has 1 N–H and O–H groups in total. The number of piperidine rings is 1. The van der Waals surface area contributed by atoms with Crippen LogP contribution in [-0.4, -0.2) is 50.8 Å². The summed E-state index contributed by atoms with van der Waals surface area (Å²) < 4.78 is 31.9. The van der Waals surface area contributed by atoms with Gasteiger partial charge in [-0.1, -0.05) is 36.2 Å². The molecule has 150 valence electrons. The lowest BCUT2D eigenvalue weighted by molar-refractivity contribution is -0.153. The predicted molar refractivity (Wildman–Crippen MR) is 102 cm³/mol. The van der Waals surface area contributed by atoms with Crippen LogP contribution in [0.3, 0.4) is 0 Å². The number of carbonyl (C=O) groups is 2. The maximum atomic E-state index is 12.8. The van der Waals surface area contributed by atoms with E-state index >= 15 is 0 Å². The smallest absolute Gasteiger partial charge is 0.309 e. The zero-order chi connectivity index (χ0) is 20.0. The maximum Gasteiger partial charge on any atom is 0.309 e. The van der Waals surface area contributed by atoms with Gasteiger partial charge in [-0.25, -0.2) is 8.42 Å². The zero-order valence-corrected chi connectivity index (χ0v) is 17.2. The van der Waals surface area contributed by atoms with E-state index < -0.39 is 21.9 Å². The van der Waals surface area contributed by atoms with Crippen LogP contribution in [0, 0.1) is 5.92 Å². The summed E-state index contributed by atoms with van der Waals surface area (Å²) in [5.41, 5.74) is 0. The quantitative estimate of drug-likeness (QED) is 0.662. The van der Waals surface area contributed by atoms with Gasteiger partial charge in [-0.05, 0) is 31.4 Å². The van der Waals surface area contributed by atoms with Crippen molar-refractivity contribution < 1.29 is 22.7 Å². The van der Waals surface area contributed by atoms with Crippen molar-refractivity contribution in [3.8, 4) is 0 Å². The van der Waals surface area contributed by atoms with Crippen LogP contribution in [0.2, 0.25) is 10.0 Å². The second-order valence-corrected chi connectivity index (χ2v) is 8.88. The Morgan fingerprint density at radius 3 is 2.37 bits per heavy atom. The summed E-state index contributed by atoms with van der Waals surface area (Å²) >= 11 is 12.0. The molecule has 10 heteroatoms. The molecule has 0 bridgehead atoms. The molecule has 7 nitrogen and oxygen atoms in total. The third-order valence-corrected chi connectivity index (χ3v) is 7.08. The molecule has 0 radical (unpaired) electrons. The minimum Gasteiger partial charge on any atom is -0.455 e. The lowest BCUT2D eigenvalue weighted by Gasteiger charge is -2.30. The van der Waals surface area contributed by atoms with Crippen LogP contribution in [0.1, 0.15) is 26.2 Å². The second-order valence-electron chi connectivity index (χ2n) is 6.19. The van der Waals surface area contributed by atoms with Crippen LogP contribution in [-0.2, 0) is 24.3 Å². The molecular weight excluding hydrogens is 415 g/mol. The van der Waals surface area contributed by atoms with Crippen LogP contribution in [0.25, 0.3) is 0 Å². The first kappa shape index (κ1) is 21.9. The molecule has 1 aliphatic heterocycles. The van der Waals surface area contributed by atoms with Crippen molar-refractivity contribution in [3.05, 3.63) is 28.2 Å². The highest BCUT2D eigenvalue weighted by Crippen LogP contribution is 2.33. The molecule has 0 saturated carbocycles. The molecule has 0 aromatic heterocycles. The Hall–Kier alpha value is -1.35. The lowest BCUT2D eigenvalue weighted by atomic mass is 9.98. The number of amides is 1. The molecule has 2 rings (SSSR count). The molecule has 27 heavy (non-hydrogen) atoms. The maximum absolute atomic E-state index is 12.8. The average Bonchev–Trinajstić information content (AvgIpc) is 2.64. The van der Waals surface area contributed by atoms with Gasteiger partial charge in [0.25, 0.3) is 5.91 Å². The number of halogens is 2. The molecule has 1 amide bonds. The molecule has 1 heterocycles. The average molecular weight is 437 g/mol. The van der Waals surface area contributed by atoms with Gasteiger partial charge in [-0.15, -0.1) is 0 Å². The van der Waals surface area contributed by atoms with E-state index in [1.54, 1.807) is 6.07 Å². The van der Waals surface area contributed by atoms with Gasteiger partial charge in [-0.2, -0.15) is 4.31 Å². The predicted octanol–water partition coefficient (Wildman–Crippen LogP) is 2.46. The van der Waals surface area contributed by atoms with E-state index in [0.717, 1.165) is 6.42 Å². The standard InChI is InChI=1S/C17H22Cl2N2O5S/c1-2-8-20-15(22)11-26-17(23)12-6-9-21(10-7-12)27(24,25)16-13(18)4-3-5-14(16)19/h3-5,12H,2,6-11H2,1H3,(H,20,22). The zero-order valence-electron chi connectivity index (χ0n) is 14.9. The molecule has 1 aromatic rings. The number of hydrogen-bond acceptors (Lipinski definition) is 5. The fourth-order valence-electron chi connectivity index (χ4n) is 2.76. The van der Waals surface area contributed by atoms with Crippen LogP contribution in [0.4, 0.5) is 0 Å². The summed E-state index contributed by atoms with van der Waals surface area (Å²) in [6.07, 6.45) is 1.40. The van der Waals surface area contributed by atoms with E-state index in [9.17, 15) is 18.0 Å². The number of benzene rings is 1. The Morgan fingerprint density at radius 1 is 1.22 bits per heavy atom. The van der Waals surface area contributed by atoms with Crippen molar-refractivity contribution in [2.24, 2.45) is 5.92 Å². The van der Waals surface area contributed by atoms with Crippen LogP contribution >= 0.6 is 23.2 Å². The minimum atomic E-state index is -3.86. The van der Waals surface area contributed by atoms with Gasteiger partial charge in [0, 0.05) is 19.6 Å². The summed E-state index contributed by atoms with van der Waals surface area (Å²) in [4.78, 5) is 23.5. The van der Waals surface area contributed by atoms with Crippen LogP contribution in [0.5, 0.6) is 0 Å². The Morgan fingerprint density at radius 2 is 1.81 bits per heavy atom. The summed E-state index contributed by atoms with van der Waals surface area (Å²) in [6, 6.07) is 4.50. The Bertz CT molecular complexity index is 772. The second kappa shape index (κ2) is 9.73. The fourth-order valence-corrected chi connectivity index (χ4v) is 5.32. The van der Waals surface area contributed by atoms with Crippen molar-refractivity contribution in [2.75, 3.05) is 26.2 Å². The van der Waals surface area contributed by atoms with E-state index in [1.165, 1.54) is 16.4 Å². The molecule has 0 unspecified atom stereocenters. The van der Waals surface area contributed by atoms with E-state index in [1.807, 2.05) is 6.92 Å². The molecule has 0 atom stereocenters. The molecular formula is C17H22Cl2N2O5S. The van der Waals surface area contributed by atoms with Crippen molar-refractivity contribution in [2.45, 2.75) is 31.1 Å². The van der Waals surface area contributed by atoms with Crippen LogP contribution in [0.15, 0.2) is 23.1 Å². The van der Waals surface area contributed by atoms with Gasteiger partial charge in [0.15, 0.2) is 6.61 Å². The van der Waals surface area contributed by atoms with E-state index in [4.69, 9.17) is 27.9 Å². The molecule has 1 aromatic carbocycles. The van der Waals surface area contributed by atoms with Gasteiger partial charge in [0.1, 0.15) is 4.90 Å². The number of nitrogens with zero attached hydrogens (tertiary/aromatic N) is 1. The molecule has 1 saturated heterocycles. The highest BCUT2D eigenvalue weighted by molar-refractivity contribution is 7.89. The first-order valence-corrected chi connectivity index (χ1v) is 10.8. The van der Waals surface area contributed by atoms with E-state index in [0.29, 0.717) is 19.4 Å². The molecule has 1 fully saturated rings. The SMILES string of the molecule is CCCNC(=O)COC(=O)C1CCN(S(=O)(=O)c2c(Cl)cccc2Cl)CC1. The first-order chi connectivity index (χ1) is 12.8. The Balaban J connectivity index is 1.93. The number of hydrogen-bond donors (Lipinski definition) is 1. The first-order valence-electron chi connectivity index (χ1n) is 8.64. The van der Waals surface area contributed by atoms with Crippen molar-refractivity contribution in [1.82, 2.24) is 9.62 Å². The van der Waals surface area contributed by atoms with Gasteiger partial charge < -0.3 is 10.1 Å². The van der Waals surface area contributed by atoms with Gasteiger partial charge in [-0.3, -0.25) is 9.59 Å². The van der Waals surface area contributed by atoms with E-state index in [-0.39, 0.29) is 40.5 Å². The van der Waals surface area contributed by atoms with Gasteiger partial charge in [0.05, 0.1) is 16.0 Å². The number of ether oxygens (including phenoxy) is 1. The number of nitrogens with one attached hydrogen (secondary N) is 1. The summed E-state index contributed by atoms with van der Waals surface area (Å²) in [5.74, 6) is -1.29. The lowest BCUT2D eigenvalue weighted by Crippen LogP contribution is -2.41. The van der Waals surface area contributed by atoms with E-state index in [2.05, 4.69) is 5.32 Å². The Labute approximate surface area is 169 Å². The molecule has 0 aliphatic carbocycles. The fraction of sp³-hybridized carbons (Fsp3) is 0.529. The number of rotatable bonds is 7. The number of carbonyl (C=O) groups excluding carboxylic acids is 2. The largest absolute Gasteiger partial charge is 0.455 e. The van der Waals surface area contributed by atoms with Crippen molar-refractivity contribution in [1.29, 1.82) is 0 Å². The van der Waals surface area contributed by atoms with Crippen LogP contribution < -0.4 is 5.32 Å². The van der Waals surface area contributed by atoms with Gasteiger partial charge >= 0.3 is 5.97 Å². The highest BCUT2D eigenvalue weighted by atomic mass is 35.5. The minimum absolute atomic E-state index is 0.0575. The summed E-state index contributed by atoms with van der Waals surface area (Å²) in [5, 5.41) is 2.73. The third kappa shape index (κ3) is 5.57. The monoisotopic (exact) mass is 436 g/mol. The van der Waals surface area contributed by atoms with Gasteiger partial charge in [0.2, 0.25) is 10.0 Å². The molecule has 0 spiro atoms.